The van der Waals surface area contributed by atoms with Gasteiger partial charge in [0, 0.05) is 22.4 Å². The molecule has 2 aromatic carbocycles. The second-order valence-electron chi connectivity index (χ2n) is 6.28. The summed E-state index contributed by atoms with van der Waals surface area (Å²) in [7, 11) is -8.05. The molecule has 0 aliphatic carbocycles. The first-order valence-corrected chi connectivity index (χ1v) is 13.2. The van der Waals surface area contributed by atoms with Crippen molar-refractivity contribution < 1.29 is 22.0 Å². The molecule has 8 nitrogen and oxygen atoms in total. The molecule has 0 saturated carbocycles. The highest BCUT2D eigenvalue weighted by Crippen LogP contribution is 2.50. The zero-order valence-corrected chi connectivity index (χ0v) is 20.0. The first kappa shape index (κ1) is 23.9. The first-order chi connectivity index (χ1) is 14.7. The second-order valence-corrected chi connectivity index (χ2v) is 11.0. The molecule has 0 radical (unpaired) electrons. The van der Waals surface area contributed by atoms with E-state index in [-0.39, 0.29) is 33.8 Å². The molecule has 3 aromatic rings. The molecule has 1 aromatic heterocycles. The number of aromatic nitrogens is 2. The summed E-state index contributed by atoms with van der Waals surface area (Å²) in [5, 5.41) is 0.293. The number of hydrogen-bond acceptors (Lipinski definition) is 7. The minimum Gasteiger partial charge on any atom is -0.308 e. The molecule has 0 aliphatic heterocycles. The van der Waals surface area contributed by atoms with Gasteiger partial charge in [-0.2, -0.15) is 0 Å². The van der Waals surface area contributed by atoms with Crippen LogP contribution in [0.4, 0.5) is 5.69 Å². The lowest BCUT2D eigenvalue weighted by molar-refractivity contribution is 0.221. The van der Waals surface area contributed by atoms with Gasteiger partial charge < -0.3 is 9.05 Å². The number of nitrogens with zero attached hydrogens (tertiary/aromatic N) is 3. The summed E-state index contributed by atoms with van der Waals surface area (Å²) < 4.78 is 52.1. The molecule has 3 rings (SSSR count). The number of rotatable bonds is 9. The van der Waals surface area contributed by atoms with Crippen LogP contribution < -0.4 is 4.31 Å². The van der Waals surface area contributed by atoms with Gasteiger partial charge >= 0.3 is 7.60 Å². The van der Waals surface area contributed by atoms with Crippen LogP contribution in [0, 0.1) is 0 Å². The van der Waals surface area contributed by atoms with E-state index in [1.54, 1.807) is 26.0 Å². The van der Waals surface area contributed by atoms with Gasteiger partial charge in [-0.15, -0.1) is 0 Å². The van der Waals surface area contributed by atoms with Crippen molar-refractivity contribution in [3.8, 4) is 0 Å². The van der Waals surface area contributed by atoms with Gasteiger partial charge in [-0.3, -0.25) is 18.8 Å². The van der Waals surface area contributed by atoms with E-state index in [2.05, 4.69) is 9.97 Å². The molecule has 166 valence electrons. The predicted octanol–water partition coefficient (Wildman–Crippen LogP) is 5.36. The molecule has 0 spiro atoms. The van der Waals surface area contributed by atoms with E-state index in [4.69, 9.17) is 32.2 Å². The van der Waals surface area contributed by atoms with Gasteiger partial charge in [0.1, 0.15) is 6.29 Å². The number of sulfonamides is 1. The SMILES string of the molecule is CCOP(=O)(CN(c1ccc2nccnc2c1)S(=O)(=O)c1cc(Cl)cc(Cl)c1)OCC. The van der Waals surface area contributed by atoms with Gasteiger partial charge in [-0.25, -0.2) is 8.42 Å². The lowest BCUT2D eigenvalue weighted by Gasteiger charge is -2.28. The van der Waals surface area contributed by atoms with E-state index < -0.39 is 23.9 Å². The Morgan fingerprint density at radius 1 is 0.935 bits per heavy atom. The van der Waals surface area contributed by atoms with E-state index in [1.807, 2.05) is 0 Å². The Morgan fingerprint density at radius 2 is 1.52 bits per heavy atom. The zero-order valence-electron chi connectivity index (χ0n) is 16.7. The third-order valence-corrected chi connectivity index (χ3v) is 8.43. The highest BCUT2D eigenvalue weighted by molar-refractivity contribution is 7.93. The van der Waals surface area contributed by atoms with Crippen molar-refractivity contribution in [2.75, 3.05) is 23.8 Å². The topological polar surface area (TPSA) is 98.7 Å². The van der Waals surface area contributed by atoms with Crippen molar-refractivity contribution in [2.45, 2.75) is 18.7 Å². The maximum Gasteiger partial charge on any atom is 0.350 e. The van der Waals surface area contributed by atoms with Gasteiger partial charge in [0.25, 0.3) is 10.0 Å². The molecule has 0 saturated heterocycles. The Balaban J connectivity index is 2.18. The van der Waals surface area contributed by atoms with E-state index >= 15 is 0 Å². The largest absolute Gasteiger partial charge is 0.350 e. The van der Waals surface area contributed by atoms with Crippen LogP contribution in [-0.2, 0) is 23.6 Å². The number of benzene rings is 2. The number of anilines is 1. The molecule has 0 fully saturated rings. The number of fused-ring (bicyclic) bond motifs is 1. The van der Waals surface area contributed by atoms with E-state index in [1.165, 1.54) is 36.7 Å². The average molecular weight is 504 g/mol. The first-order valence-electron chi connectivity index (χ1n) is 9.26. The molecule has 1 heterocycles. The van der Waals surface area contributed by atoms with Crippen molar-refractivity contribution in [2.24, 2.45) is 0 Å². The van der Waals surface area contributed by atoms with Crippen molar-refractivity contribution in [1.29, 1.82) is 0 Å². The standard InChI is InChI=1S/C19H20Cl2N3O5PS/c1-3-28-30(25,29-4-2)13-24(16-5-6-18-19(12-16)23-8-7-22-18)31(26,27)17-10-14(20)9-15(21)11-17/h5-12H,3-4,13H2,1-2H3. The van der Waals surface area contributed by atoms with E-state index in [9.17, 15) is 13.0 Å². The Morgan fingerprint density at radius 3 is 2.10 bits per heavy atom. The van der Waals surface area contributed by atoms with E-state index in [0.717, 1.165) is 4.31 Å². The van der Waals surface area contributed by atoms with Crippen LogP contribution >= 0.6 is 30.8 Å². The molecule has 0 N–H and O–H groups in total. The van der Waals surface area contributed by atoms with Crippen LogP contribution in [-0.4, -0.2) is 37.9 Å². The van der Waals surface area contributed by atoms with Gasteiger partial charge in [-0.1, -0.05) is 23.2 Å². The molecule has 0 amide bonds. The van der Waals surface area contributed by atoms with Gasteiger partial charge in [0.15, 0.2) is 0 Å². The molecule has 31 heavy (non-hydrogen) atoms. The van der Waals surface area contributed by atoms with Gasteiger partial charge in [-0.05, 0) is 50.2 Å². The molecule has 0 aliphatic rings. The van der Waals surface area contributed by atoms with Crippen LogP contribution in [0.3, 0.4) is 0 Å². The molecule has 0 unspecified atom stereocenters. The predicted molar refractivity (Wildman–Crippen MR) is 121 cm³/mol. The fourth-order valence-corrected chi connectivity index (χ4v) is 7.27. The third-order valence-electron chi connectivity index (χ3n) is 4.12. The highest BCUT2D eigenvalue weighted by atomic mass is 35.5. The Hall–Kier alpha value is -1.74. The summed E-state index contributed by atoms with van der Waals surface area (Å²) in [5.41, 5.74) is 1.25. The number of halogens is 2. The maximum absolute atomic E-state index is 13.6. The molecular formula is C19H20Cl2N3O5PS. The molecule has 0 bridgehead atoms. The van der Waals surface area contributed by atoms with Crippen molar-refractivity contribution in [3.63, 3.8) is 0 Å². The smallest absolute Gasteiger partial charge is 0.308 e. The minimum atomic E-state index is -4.25. The fraction of sp³-hybridized carbons (Fsp3) is 0.263. The van der Waals surface area contributed by atoms with Gasteiger partial charge in [0.2, 0.25) is 0 Å². The Kier molecular flexibility index (Phi) is 7.57. The Labute approximate surface area is 190 Å². The average Bonchev–Trinajstić information content (AvgIpc) is 2.71. The molecular weight excluding hydrogens is 484 g/mol. The van der Waals surface area contributed by atoms with Gasteiger partial charge in [0.05, 0.1) is 34.8 Å². The summed E-state index contributed by atoms with van der Waals surface area (Å²) in [6.45, 7) is 3.45. The molecule has 12 heteroatoms. The summed E-state index contributed by atoms with van der Waals surface area (Å²) in [6, 6.07) is 8.66. The van der Waals surface area contributed by atoms with Crippen molar-refractivity contribution in [3.05, 3.63) is 58.8 Å². The third kappa shape index (κ3) is 5.55. The van der Waals surface area contributed by atoms with Crippen LogP contribution in [0.1, 0.15) is 13.8 Å². The second kappa shape index (κ2) is 9.81. The highest BCUT2D eigenvalue weighted by Gasteiger charge is 2.35. The van der Waals surface area contributed by atoms with Crippen LogP contribution in [0.5, 0.6) is 0 Å². The lowest BCUT2D eigenvalue weighted by Crippen LogP contribution is -2.33. The number of hydrogen-bond donors (Lipinski definition) is 0. The van der Waals surface area contributed by atoms with Crippen molar-refractivity contribution in [1.82, 2.24) is 9.97 Å². The lowest BCUT2D eigenvalue weighted by atomic mass is 10.2. The Bertz CT molecular complexity index is 1210. The minimum absolute atomic E-state index is 0.0807. The fourth-order valence-electron chi connectivity index (χ4n) is 2.88. The van der Waals surface area contributed by atoms with Crippen LogP contribution in [0.2, 0.25) is 10.0 Å². The van der Waals surface area contributed by atoms with Crippen molar-refractivity contribution >= 4 is 57.5 Å². The van der Waals surface area contributed by atoms with Crippen LogP contribution in [0.25, 0.3) is 11.0 Å². The summed E-state index contributed by atoms with van der Waals surface area (Å²) in [5.74, 6) is 0. The van der Waals surface area contributed by atoms with E-state index in [0.29, 0.717) is 11.0 Å². The summed E-state index contributed by atoms with van der Waals surface area (Å²) >= 11 is 12.1. The summed E-state index contributed by atoms with van der Waals surface area (Å²) in [4.78, 5) is 8.24. The normalized spacial score (nSPS) is 12.3. The van der Waals surface area contributed by atoms with Crippen LogP contribution in [0.15, 0.2) is 53.7 Å². The quantitative estimate of drug-likeness (QED) is 0.362. The monoisotopic (exact) mass is 503 g/mol. The summed E-state index contributed by atoms with van der Waals surface area (Å²) in [6.07, 6.45) is 2.47. The zero-order chi connectivity index (χ0) is 22.6. The maximum atomic E-state index is 13.6. The molecule has 0 atom stereocenters.